The molecule has 0 aliphatic heterocycles. The van der Waals surface area contributed by atoms with Crippen LogP contribution >= 0.6 is 0 Å². The average Bonchev–Trinajstić information content (AvgIpc) is 2.31. The molecule has 0 amide bonds. The maximum Gasteiger partial charge on any atom is 0.101 e. The first-order valence-electron chi connectivity index (χ1n) is 4.60. The molecule has 0 aromatic heterocycles. The van der Waals surface area contributed by atoms with E-state index in [9.17, 15) is 4.21 Å². The van der Waals surface area contributed by atoms with Crippen molar-refractivity contribution in [2.24, 2.45) is 0 Å². The van der Waals surface area contributed by atoms with Crippen LogP contribution in [-0.4, -0.2) is 55.6 Å². The topological polar surface area (TPSA) is 40.9 Å². The van der Waals surface area contributed by atoms with Gasteiger partial charge in [-0.15, -0.1) is 0 Å². The Bertz CT molecular complexity index is 492. The summed E-state index contributed by atoms with van der Waals surface area (Å²) in [5.41, 5.74) is 0. The molecule has 0 heterocycles. The summed E-state index contributed by atoms with van der Waals surface area (Å²) >= 11 is 0. The van der Waals surface area contributed by atoms with Gasteiger partial charge in [-0.05, 0) is 24.3 Å². The van der Waals surface area contributed by atoms with Crippen LogP contribution in [0.3, 0.4) is 0 Å². The smallest absolute Gasteiger partial charge is 0.101 e. The first kappa shape index (κ1) is 14.1. The van der Waals surface area contributed by atoms with Crippen molar-refractivity contribution in [3.63, 3.8) is 0 Å². The van der Waals surface area contributed by atoms with Crippen LogP contribution in [0.4, 0.5) is 0 Å². The molecular formula is C12H11KNOS. The van der Waals surface area contributed by atoms with Gasteiger partial charge in [0.25, 0.3) is 0 Å². The van der Waals surface area contributed by atoms with Crippen LogP contribution in [0.15, 0.2) is 70.5 Å². The number of nitrogens with one attached hydrogen (secondary N) is 1. The van der Waals surface area contributed by atoms with E-state index in [4.69, 9.17) is 4.78 Å². The second-order valence-electron chi connectivity index (χ2n) is 3.18. The number of hydrogen-bond donors (Lipinski definition) is 1. The Morgan fingerprint density at radius 1 is 0.750 bits per heavy atom. The second kappa shape index (κ2) is 6.09. The molecule has 2 aromatic carbocycles. The zero-order valence-electron chi connectivity index (χ0n) is 9.09. The molecule has 2 rings (SSSR count). The minimum absolute atomic E-state index is 0. The van der Waals surface area contributed by atoms with Crippen molar-refractivity contribution in [1.29, 1.82) is 4.78 Å². The Kier molecular flexibility index (Phi) is 5.37. The zero-order chi connectivity index (χ0) is 10.7. The van der Waals surface area contributed by atoms with Crippen molar-refractivity contribution in [3.05, 3.63) is 60.7 Å². The van der Waals surface area contributed by atoms with E-state index in [1.54, 1.807) is 48.5 Å². The Balaban J connectivity index is 0.00000128. The van der Waals surface area contributed by atoms with Crippen LogP contribution < -0.4 is 0 Å². The van der Waals surface area contributed by atoms with Gasteiger partial charge in [0.1, 0.15) is 9.73 Å². The fourth-order valence-corrected chi connectivity index (χ4v) is 2.71. The maximum atomic E-state index is 12.3. The predicted octanol–water partition coefficient (Wildman–Crippen LogP) is 2.77. The summed E-state index contributed by atoms with van der Waals surface area (Å²) in [5.74, 6) is 0. The Morgan fingerprint density at radius 3 is 1.38 bits per heavy atom. The van der Waals surface area contributed by atoms with Crippen molar-refractivity contribution in [2.45, 2.75) is 9.79 Å². The first-order chi connectivity index (χ1) is 7.21. The van der Waals surface area contributed by atoms with Crippen LogP contribution in [0.2, 0.25) is 0 Å². The van der Waals surface area contributed by atoms with Crippen molar-refractivity contribution in [1.82, 2.24) is 0 Å². The molecule has 0 aliphatic rings. The van der Waals surface area contributed by atoms with E-state index in [2.05, 4.69) is 0 Å². The summed E-state index contributed by atoms with van der Waals surface area (Å²) in [7, 11) is -2.84. The molecule has 0 unspecified atom stereocenters. The molecule has 0 bridgehead atoms. The molecule has 0 saturated carbocycles. The molecule has 0 atom stereocenters. The van der Waals surface area contributed by atoms with E-state index in [0.717, 1.165) is 0 Å². The maximum absolute atomic E-state index is 12.3. The fraction of sp³-hybridized carbons (Fsp3) is 0. The van der Waals surface area contributed by atoms with E-state index >= 15 is 0 Å². The third-order valence-electron chi connectivity index (χ3n) is 2.15. The van der Waals surface area contributed by atoms with Crippen molar-refractivity contribution in [3.8, 4) is 0 Å². The van der Waals surface area contributed by atoms with Gasteiger partial charge in [0.15, 0.2) is 0 Å². The van der Waals surface area contributed by atoms with Gasteiger partial charge in [-0.25, -0.2) is 8.99 Å². The Morgan fingerprint density at radius 2 is 1.06 bits per heavy atom. The van der Waals surface area contributed by atoms with Gasteiger partial charge in [0.2, 0.25) is 0 Å². The average molecular weight is 256 g/mol. The molecule has 0 fully saturated rings. The summed E-state index contributed by atoms with van der Waals surface area (Å²) in [6.45, 7) is 0. The van der Waals surface area contributed by atoms with E-state index in [1.807, 2.05) is 12.1 Å². The van der Waals surface area contributed by atoms with Crippen LogP contribution in [-0.2, 0) is 9.73 Å². The third-order valence-corrected chi connectivity index (χ3v) is 4.02. The van der Waals surface area contributed by atoms with Gasteiger partial charge in [-0.1, -0.05) is 36.4 Å². The molecular weight excluding hydrogens is 245 g/mol. The van der Waals surface area contributed by atoms with Crippen LogP contribution in [0, 0.1) is 4.78 Å². The summed E-state index contributed by atoms with van der Waals surface area (Å²) in [6.07, 6.45) is 0. The van der Waals surface area contributed by atoms with Crippen LogP contribution in [0.5, 0.6) is 0 Å². The van der Waals surface area contributed by atoms with Crippen molar-refractivity contribution < 1.29 is 4.21 Å². The molecule has 1 radical (unpaired) electrons. The quantitative estimate of drug-likeness (QED) is 0.825. The first-order valence-corrected chi connectivity index (χ1v) is 6.16. The normalized spacial score (nSPS) is 10.5. The molecule has 0 aliphatic carbocycles. The van der Waals surface area contributed by atoms with Crippen molar-refractivity contribution >= 4 is 61.1 Å². The summed E-state index contributed by atoms with van der Waals surface area (Å²) < 4.78 is 20.2. The number of hydrogen-bond acceptors (Lipinski definition) is 2. The second-order valence-corrected chi connectivity index (χ2v) is 5.24. The van der Waals surface area contributed by atoms with Gasteiger partial charge in [0, 0.05) is 51.4 Å². The molecule has 0 saturated heterocycles. The summed E-state index contributed by atoms with van der Waals surface area (Å²) in [4.78, 5) is 1.10. The fourth-order valence-electron chi connectivity index (χ4n) is 1.36. The third kappa shape index (κ3) is 3.03. The van der Waals surface area contributed by atoms with Gasteiger partial charge in [0.05, 0.1) is 9.79 Å². The predicted molar refractivity (Wildman–Crippen MR) is 66.0 cm³/mol. The monoisotopic (exact) mass is 256 g/mol. The minimum Gasteiger partial charge on any atom is -0.245 e. The Labute approximate surface area is 138 Å². The summed E-state index contributed by atoms with van der Waals surface area (Å²) in [5, 5.41) is 0. The van der Waals surface area contributed by atoms with E-state index < -0.39 is 9.73 Å². The van der Waals surface area contributed by atoms with Crippen LogP contribution in [0.1, 0.15) is 0 Å². The van der Waals surface area contributed by atoms with Crippen LogP contribution in [0.25, 0.3) is 0 Å². The number of benzene rings is 2. The van der Waals surface area contributed by atoms with E-state index in [-0.39, 0.29) is 51.4 Å². The van der Waals surface area contributed by atoms with Crippen molar-refractivity contribution in [2.75, 3.05) is 0 Å². The Hall–Kier alpha value is 0.0264. The number of rotatable bonds is 2. The van der Waals surface area contributed by atoms with Gasteiger partial charge in [-0.3, -0.25) is 0 Å². The molecule has 2 nitrogen and oxygen atoms in total. The molecule has 4 heteroatoms. The largest absolute Gasteiger partial charge is 0.245 e. The zero-order valence-corrected chi connectivity index (χ0v) is 13.0. The molecule has 2 aromatic rings. The standard InChI is InChI=1S/C12H11NOS.K/c13-15(14,11-7-3-1-4-8-11)12-9-5-2-6-10-12;/h1-10,13H;. The van der Waals surface area contributed by atoms with Gasteiger partial charge >= 0.3 is 0 Å². The summed E-state index contributed by atoms with van der Waals surface area (Å²) in [6, 6.07) is 17.8. The molecule has 16 heavy (non-hydrogen) atoms. The SMILES string of the molecule is N=S(=O)(c1ccccc1)c1ccccc1.[K]. The van der Waals surface area contributed by atoms with E-state index in [1.165, 1.54) is 0 Å². The van der Waals surface area contributed by atoms with E-state index in [0.29, 0.717) is 9.79 Å². The minimum atomic E-state index is -2.84. The molecule has 1 N–H and O–H groups in total. The molecule has 77 valence electrons. The van der Waals surface area contributed by atoms with Gasteiger partial charge in [-0.2, -0.15) is 0 Å². The molecule has 0 spiro atoms. The van der Waals surface area contributed by atoms with Gasteiger partial charge < -0.3 is 0 Å².